The van der Waals surface area contributed by atoms with Crippen molar-refractivity contribution in [3.05, 3.63) is 83.9 Å². The molecule has 4 aromatic rings. The molecule has 0 atom stereocenters. The van der Waals surface area contributed by atoms with E-state index in [9.17, 15) is 4.79 Å². The molecule has 0 aliphatic heterocycles. The van der Waals surface area contributed by atoms with Crippen molar-refractivity contribution < 1.29 is 4.79 Å². The number of aromatic nitrogens is 2. The van der Waals surface area contributed by atoms with Crippen molar-refractivity contribution >= 4 is 34.2 Å². The van der Waals surface area contributed by atoms with Gasteiger partial charge in [-0.1, -0.05) is 54.1 Å². The van der Waals surface area contributed by atoms with Gasteiger partial charge in [-0.15, -0.1) is 0 Å². The summed E-state index contributed by atoms with van der Waals surface area (Å²) in [6.07, 6.45) is 0. The molecule has 3 aromatic carbocycles. The van der Waals surface area contributed by atoms with E-state index in [-0.39, 0.29) is 12.5 Å². The van der Waals surface area contributed by atoms with Crippen molar-refractivity contribution in [3.63, 3.8) is 0 Å². The molecular weight excluding hydrogens is 370 g/mol. The van der Waals surface area contributed by atoms with Gasteiger partial charge in [0.25, 0.3) is 0 Å². The van der Waals surface area contributed by atoms with Crippen LogP contribution in [0.15, 0.2) is 78.9 Å². The van der Waals surface area contributed by atoms with E-state index >= 15 is 0 Å². The summed E-state index contributed by atoms with van der Waals surface area (Å²) < 4.78 is 1.97. The number of halogens is 1. The van der Waals surface area contributed by atoms with E-state index < -0.39 is 0 Å². The Hall–Kier alpha value is -3.11. The summed E-state index contributed by atoms with van der Waals surface area (Å²) in [5.41, 5.74) is 3.56. The average molecular weight is 390 g/mol. The maximum atomic E-state index is 13.2. The van der Waals surface area contributed by atoms with Crippen LogP contribution >= 0.6 is 11.6 Å². The Labute approximate surface area is 169 Å². The molecule has 4 rings (SSSR count). The number of carbonyl (C=O) groups is 1. The number of hydrogen-bond acceptors (Lipinski definition) is 2. The summed E-state index contributed by atoms with van der Waals surface area (Å²) in [6, 6.07) is 25.1. The minimum absolute atomic E-state index is 0.0140. The van der Waals surface area contributed by atoms with E-state index in [4.69, 9.17) is 16.6 Å². The quantitative estimate of drug-likeness (QED) is 0.457. The van der Waals surface area contributed by atoms with Gasteiger partial charge in [0, 0.05) is 22.8 Å². The maximum absolute atomic E-state index is 13.2. The van der Waals surface area contributed by atoms with Gasteiger partial charge in [0.1, 0.15) is 12.4 Å². The molecule has 1 amide bonds. The summed E-state index contributed by atoms with van der Waals surface area (Å²) in [7, 11) is 0. The van der Waals surface area contributed by atoms with Crippen molar-refractivity contribution in [2.24, 2.45) is 0 Å². The molecule has 0 saturated heterocycles. The largest absolute Gasteiger partial charge is 0.314 e. The van der Waals surface area contributed by atoms with Crippen molar-refractivity contribution in [3.8, 4) is 11.4 Å². The first kappa shape index (κ1) is 18.3. The minimum atomic E-state index is 0.0140. The molecule has 0 aliphatic rings. The highest BCUT2D eigenvalue weighted by Gasteiger charge is 2.19. The minimum Gasteiger partial charge on any atom is -0.314 e. The third-order valence-corrected chi connectivity index (χ3v) is 4.95. The molecule has 0 saturated carbocycles. The second-order valence-corrected chi connectivity index (χ2v) is 6.93. The van der Waals surface area contributed by atoms with E-state index in [1.165, 1.54) is 0 Å². The molecule has 0 bridgehead atoms. The first-order valence-electron chi connectivity index (χ1n) is 9.24. The van der Waals surface area contributed by atoms with Gasteiger partial charge in [-0.25, -0.2) is 4.98 Å². The Morgan fingerprint density at radius 3 is 2.50 bits per heavy atom. The highest BCUT2D eigenvalue weighted by molar-refractivity contribution is 6.30. The average Bonchev–Trinajstić information content (AvgIpc) is 3.08. The number of benzene rings is 3. The third kappa shape index (κ3) is 3.51. The van der Waals surface area contributed by atoms with Crippen molar-refractivity contribution in [2.75, 3.05) is 11.4 Å². The highest BCUT2D eigenvalue weighted by Crippen LogP contribution is 2.27. The standard InChI is InChI=1S/C23H20ClN3O/c1-2-26(19-11-4-3-5-12-19)22(28)16-27-21-14-7-6-13-20(21)25-23(27)17-9-8-10-18(24)15-17/h3-15H,2,16H2,1H3. The molecule has 0 N–H and O–H groups in total. The number of para-hydroxylation sites is 3. The summed E-state index contributed by atoms with van der Waals surface area (Å²) >= 11 is 6.19. The van der Waals surface area contributed by atoms with Gasteiger partial charge in [-0.3, -0.25) is 4.79 Å². The summed E-state index contributed by atoms with van der Waals surface area (Å²) in [5, 5.41) is 0.641. The predicted molar refractivity (Wildman–Crippen MR) is 115 cm³/mol. The molecule has 1 aromatic heterocycles. The lowest BCUT2D eigenvalue weighted by Gasteiger charge is -2.22. The lowest BCUT2D eigenvalue weighted by molar-refractivity contribution is -0.119. The Bertz CT molecular complexity index is 1120. The van der Waals surface area contributed by atoms with Crippen LogP contribution in [0.1, 0.15) is 6.92 Å². The lowest BCUT2D eigenvalue weighted by atomic mass is 10.2. The van der Waals surface area contributed by atoms with Crippen LogP contribution in [0, 0.1) is 0 Å². The monoisotopic (exact) mass is 389 g/mol. The van der Waals surface area contributed by atoms with Gasteiger partial charge < -0.3 is 9.47 Å². The fourth-order valence-electron chi connectivity index (χ4n) is 3.41. The number of anilines is 1. The zero-order chi connectivity index (χ0) is 19.5. The van der Waals surface area contributed by atoms with Crippen LogP contribution in [0.4, 0.5) is 5.69 Å². The summed E-state index contributed by atoms with van der Waals surface area (Å²) in [5.74, 6) is 0.751. The molecule has 0 spiro atoms. The number of rotatable bonds is 5. The molecule has 0 unspecified atom stereocenters. The first-order valence-corrected chi connectivity index (χ1v) is 9.62. The summed E-state index contributed by atoms with van der Waals surface area (Å²) in [6.45, 7) is 2.78. The molecule has 28 heavy (non-hydrogen) atoms. The fourth-order valence-corrected chi connectivity index (χ4v) is 3.61. The first-order chi connectivity index (χ1) is 13.7. The van der Waals surface area contributed by atoms with Gasteiger partial charge in [0.05, 0.1) is 11.0 Å². The van der Waals surface area contributed by atoms with Crippen LogP contribution in [0.5, 0.6) is 0 Å². The second kappa shape index (κ2) is 7.87. The Morgan fingerprint density at radius 2 is 1.75 bits per heavy atom. The zero-order valence-corrected chi connectivity index (χ0v) is 16.3. The SMILES string of the molecule is CCN(C(=O)Cn1c(-c2cccc(Cl)c2)nc2ccccc21)c1ccccc1. The van der Waals surface area contributed by atoms with Crippen molar-refractivity contribution in [1.82, 2.24) is 9.55 Å². The number of imidazole rings is 1. The molecule has 140 valence electrons. The van der Waals surface area contributed by atoms with Gasteiger partial charge in [-0.2, -0.15) is 0 Å². The number of nitrogens with zero attached hydrogens (tertiary/aromatic N) is 3. The maximum Gasteiger partial charge on any atom is 0.246 e. The van der Waals surface area contributed by atoms with E-state index in [2.05, 4.69) is 0 Å². The van der Waals surface area contributed by atoms with Crippen LogP contribution < -0.4 is 4.90 Å². The second-order valence-electron chi connectivity index (χ2n) is 6.49. The van der Waals surface area contributed by atoms with E-state index in [1.54, 1.807) is 4.90 Å². The number of carbonyl (C=O) groups excluding carboxylic acids is 1. The normalized spacial score (nSPS) is 10.9. The highest BCUT2D eigenvalue weighted by atomic mass is 35.5. The molecule has 1 heterocycles. The van der Waals surface area contributed by atoms with Gasteiger partial charge in [0.15, 0.2) is 0 Å². The van der Waals surface area contributed by atoms with Crippen LogP contribution in [-0.4, -0.2) is 22.0 Å². The van der Waals surface area contributed by atoms with E-state index in [0.29, 0.717) is 11.6 Å². The molecule has 0 fully saturated rings. The number of hydrogen-bond donors (Lipinski definition) is 0. The molecule has 5 heteroatoms. The third-order valence-electron chi connectivity index (χ3n) is 4.72. The summed E-state index contributed by atoms with van der Waals surface area (Å²) in [4.78, 5) is 19.7. The van der Waals surface area contributed by atoms with Crippen molar-refractivity contribution in [1.29, 1.82) is 0 Å². The number of likely N-dealkylation sites (N-methyl/N-ethyl adjacent to an activating group) is 1. The van der Waals surface area contributed by atoms with Crippen molar-refractivity contribution in [2.45, 2.75) is 13.5 Å². The molecular formula is C23H20ClN3O. The van der Waals surface area contributed by atoms with Crippen LogP contribution in [-0.2, 0) is 11.3 Å². The Kier molecular flexibility index (Phi) is 5.13. The Morgan fingerprint density at radius 1 is 1.00 bits per heavy atom. The fraction of sp³-hybridized carbons (Fsp3) is 0.130. The molecule has 4 nitrogen and oxygen atoms in total. The lowest BCUT2D eigenvalue weighted by Crippen LogP contribution is -2.33. The zero-order valence-electron chi connectivity index (χ0n) is 15.5. The van der Waals surface area contributed by atoms with Crippen LogP contribution in [0.25, 0.3) is 22.4 Å². The van der Waals surface area contributed by atoms with Gasteiger partial charge >= 0.3 is 0 Å². The molecule has 0 aliphatic carbocycles. The van der Waals surface area contributed by atoms with Crippen LogP contribution in [0.2, 0.25) is 5.02 Å². The predicted octanol–water partition coefficient (Wildman–Crippen LogP) is 5.41. The number of amides is 1. The Balaban J connectivity index is 1.77. The van der Waals surface area contributed by atoms with Crippen LogP contribution in [0.3, 0.4) is 0 Å². The van der Waals surface area contributed by atoms with Gasteiger partial charge in [0.2, 0.25) is 5.91 Å². The number of fused-ring (bicyclic) bond motifs is 1. The van der Waals surface area contributed by atoms with E-state index in [0.717, 1.165) is 28.1 Å². The molecule has 0 radical (unpaired) electrons. The van der Waals surface area contributed by atoms with E-state index in [1.807, 2.05) is 90.4 Å². The smallest absolute Gasteiger partial charge is 0.246 e. The van der Waals surface area contributed by atoms with Gasteiger partial charge in [-0.05, 0) is 43.3 Å². The topological polar surface area (TPSA) is 38.1 Å².